The number of nitrogens with zero attached hydrogens (tertiary/aromatic N) is 1. The molecule has 0 fully saturated rings. The predicted molar refractivity (Wildman–Crippen MR) is 56.8 cm³/mol. The first kappa shape index (κ1) is 9.12. The first-order valence-electron chi connectivity index (χ1n) is 4.53. The summed E-state index contributed by atoms with van der Waals surface area (Å²) in [6.45, 7) is 4.11. The third-order valence-corrected chi connectivity index (χ3v) is 2.30. The van der Waals surface area contributed by atoms with Gasteiger partial charge in [0.05, 0.1) is 0 Å². The minimum atomic E-state index is -0.234. The van der Waals surface area contributed by atoms with Crippen molar-refractivity contribution < 1.29 is 4.79 Å². The van der Waals surface area contributed by atoms with E-state index in [-0.39, 0.29) is 11.4 Å². The van der Waals surface area contributed by atoms with E-state index in [4.69, 9.17) is 7.49 Å². The van der Waals surface area contributed by atoms with Crippen molar-refractivity contribution in [1.29, 1.82) is 0 Å². The Kier molecular flexibility index (Phi) is 1.99. The van der Waals surface area contributed by atoms with Crippen LogP contribution in [0.3, 0.4) is 0 Å². The standard InChI is InChI=1S/C10H10BN2O/c1-5(2)7-3-8-6(4-12-7)9(11)10(14)13-8/h3-5H,1-2H3,(H,13,14). The second-order valence-electron chi connectivity index (χ2n) is 3.68. The van der Waals surface area contributed by atoms with Crippen LogP contribution in [0, 0.1) is 0 Å². The van der Waals surface area contributed by atoms with E-state index in [1.807, 2.05) is 6.07 Å². The molecule has 69 valence electrons. The summed E-state index contributed by atoms with van der Waals surface area (Å²) in [5.74, 6) is 0.113. The zero-order chi connectivity index (χ0) is 10.3. The molecule has 0 bridgehead atoms. The van der Waals surface area contributed by atoms with Crippen molar-refractivity contribution in [3.05, 3.63) is 23.5 Å². The molecule has 0 unspecified atom stereocenters. The summed E-state index contributed by atoms with van der Waals surface area (Å²) in [5, 5.41) is 2.70. The molecule has 0 saturated heterocycles. The second kappa shape index (κ2) is 3.05. The van der Waals surface area contributed by atoms with Gasteiger partial charge in [-0.05, 0) is 0 Å². The molecule has 4 heteroatoms. The number of anilines is 1. The van der Waals surface area contributed by atoms with E-state index in [2.05, 4.69) is 24.1 Å². The molecule has 2 rings (SSSR count). The first-order valence-corrected chi connectivity index (χ1v) is 4.53. The number of carbonyl (C=O) groups excluding carboxylic acids is 1. The minimum absolute atomic E-state index is 0.234. The quantitative estimate of drug-likeness (QED) is 0.658. The van der Waals surface area contributed by atoms with Crippen molar-refractivity contribution in [2.75, 3.05) is 5.32 Å². The molecule has 2 heterocycles. The van der Waals surface area contributed by atoms with Gasteiger partial charge >= 0.3 is 82.9 Å². The third-order valence-electron chi connectivity index (χ3n) is 2.30. The Bertz CT molecular complexity index is 426. The molecule has 0 saturated carbocycles. The molecule has 3 nitrogen and oxygen atoms in total. The van der Waals surface area contributed by atoms with Crippen molar-refractivity contribution in [3.8, 4) is 0 Å². The number of aromatic nitrogens is 1. The van der Waals surface area contributed by atoms with E-state index in [0.29, 0.717) is 11.5 Å². The Morgan fingerprint density at radius 3 is 2.86 bits per heavy atom. The second-order valence-corrected chi connectivity index (χ2v) is 3.68. The Morgan fingerprint density at radius 1 is 1.50 bits per heavy atom. The zero-order valence-electron chi connectivity index (χ0n) is 8.16. The molecule has 1 aromatic rings. The van der Waals surface area contributed by atoms with Crippen LogP contribution in [0.5, 0.6) is 0 Å². The molecular formula is C10H10BN2O. The zero-order valence-corrected chi connectivity index (χ0v) is 8.16. The molecular weight excluding hydrogens is 175 g/mol. The Balaban J connectivity index is 2.49. The summed E-state index contributed by atoms with van der Waals surface area (Å²) in [6, 6.07) is 1.87. The number of carbonyl (C=O) groups is 1. The van der Waals surface area contributed by atoms with Crippen molar-refractivity contribution in [1.82, 2.24) is 4.98 Å². The van der Waals surface area contributed by atoms with E-state index in [9.17, 15) is 4.79 Å². The van der Waals surface area contributed by atoms with Crippen LogP contribution in [-0.2, 0) is 4.79 Å². The van der Waals surface area contributed by atoms with Crippen LogP contribution in [0.1, 0.15) is 31.0 Å². The average Bonchev–Trinajstić information content (AvgIpc) is 2.42. The SMILES string of the molecule is [B]=C1C(=O)Nc2cc(C(C)C)ncc21. The molecule has 0 spiro atoms. The normalized spacial score (nSPS) is 14.4. The van der Waals surface area contributed by atoms with E-state index in [1.54, 1.807) is 6.20 Å². The molecule has 1 aliphatic heterocycles. The fourth-order valence-corrected chi connectivity index (χ4v) is 1.42. The maximum atomic E-state index is 11.2. The van der Waals surface area contributed by atoms with Gasteiger partial charge in [-0.15, -0.1) is 0 Å². The number of hydrogen-bond acceptors (Lipinski definition) is 2. The summed E-state index contributed by atoms with van der Waals surface area (Å²) in [7, 11) is 5.58. The monoisotopic (exact) mass is 185 g/mol. The summed E-state index contributed by atoms with van der Waals surface area (Å²) in [4.78, 5) is 15.5. The van der Waals surface area contributed by atoms with E-state index in [0.717, 1.165) is 11.4 Å². The van der Waals surface area contributed by atoms with Gasteiger partial charge in [0.2, 0.25) is 0 Å². The van der Waals surface area contributed by atoms with Crippen LogP contribution in [0.4, 0.5) is 5.69 Å². The fourth-order valence-electron chi connectivity index (χ4n) is 1.42. The van der Waals surface area contributed by atoms with Crippen LogP contribution in [-0.4, -0.2) is 23.8 Å². The molecule has 1 aliphatic rings. The van der Waals surface area contributed by atoms with Crippen molar-refractivity contribution in [2.24, 2.45) is 0 Å². The van der Waals surface area contributed by atoms with Crippen LogP contribution >= 0.6 is 0 Å². The van der Waals surface area contributed by atoms with Gasteiger partial charge in [0.15, 0.2) is 0 Å². The van der Waals surface area contributed by atoms with Crippen molar-refractivity contribution in [3.63, 3.8) is 0 Å². The number of pyridine rings is 1. The van der Waals surface area contributed by atoms with Gasteiger partial charge in [0.25, 0.3) is 0 Å². The third kappa shape index (κ3) is 1.27. The Morgan fingerprint density at radius 2 is 2.21 bits per heavy atom. The summed E-state index contributed by atoms with van der Waals surface area (Å²) < 4.78 is 0. The van der Waals surface area contributed by atoms with Crippen molar-refractivity contribution >= 4 is 24.5 Å². The fraction of sp³-hybridized carbons (Fsp3) is 0.300. The van der Waals surface area contributed by atoms with Gasteiger partial charge in [-0.1, -0.05) is 0 Å². The molecule has 14 heavy (non-hydrogen) atoms. The summed E-state index contributed by atoms with van der Waals surface area (Å²) in [6.07, 6.45) is 1.65. The average molecular weight is 185 g/mol. The van der Waals surface area contributed by atoms with Crippen LogP contribution in [0.25, 0.3) is 0 Å². The first-order chi connectivity index (χ1) is 6.59. The topological polar surface area (TPSA) is 42.0 Å². The van der Waals surface area contributed by atoms with E-state index < -0.39 is 0 Å². The molecule has 0 aliphatic carbocycles. The van der Waals surface area contributed by atoms with Gasteiger partial charge in [-0.25, -0.2) is 0 Å². The number of hydrogen-bond donors (Lipinski definition) is 1. The number of rotatable bonds is 1. The van der Waals surface area contributed by atoms with E-state index in [1.165, 1.54) is 0 Å². The molecule has 1 N–H and O–H groups in total. The van der Waals surface area contributed by atoms with Gasteiger partial charge in [0.1, 0.15) is 0 Å². The van der Waals surface area contributed by atoms with E-state index >= 15 is 0 Å². The number of amides is 1. The Labute approximate surface area is 83.6 Å². The number of fused-ring (bicyclic) bond motifs is 1. The van der Waals surface area contributed by atoms with Gasteiger partial charge in [-0.2, -0.15) is 0 Å². The maximum absolute atomic E-state index is 11.2. The van der Waals surface area contributed by atoms with Gasteiger partial charge in [-0.3, -0.25) is 0 Å². The predicted octanol–water partition coefficient (Wildman–Crippen LogP) is 0.846. The van der Waals surface area contributed by atoms with Gasteiger partial charge in [0, 0.05) is 0 Å². The van der Waals surface area contributed by atoms with Crippen LogP contribution in [0.15, 0.2) is 12.3 Å². The van der Waals surface area contributed by atoms with Gasteiger partial charge < -0.3 is 0 Å². The molecule has 0 atom stereocenters. The van der Waals surface area contributed by atoms with Crippen LogP contribution in [0.2, 0.25) is 0 Å². The summed E-state index contributed by atoms with van der Waals surface area (Å²) in [5.41, 5.74) is 2.69. The molecule has 1 radical (unpaired) electrons. The van der Waals surface area contributed by atoms with Crippen LogP contribution < -0.4 is 5.32 Å². The number of nitrogens with one attached hydrogen (secondary N) is 1. The van der Waals surface area contributed by atoms with Crippen molar-refractivity contribution in [2.45, 2.75) is 19.8 Å². The Hall–Kier alpha value is -1.45. The molecule has 0 aromatic carbocycles. The molecule has 1 aromatic heterocycles. The summed E-state index contributed by atoms with van der Waals surface area (Å²) >= 11 is 0. The molecule has 1 amide bonds.